The molecule has 0 aliphatic carbocycles. The maximum absolute atomic E-state index is 12.9. The van der Waals surface area contributed by atoms with Crippen LogP contribution in [-0.4, -0.2) is 58.8 Å². The maximum atomic E-state index is 12.9. The maximum Gasteiger partial charge on any atom is 0.267 e. The van der Waals surface area contributed by atoms with Gasteiger partial charge in [-0.1, -0.05) is 39.9 Å². The number of hydrogen-bond donors (Lipinski definition) is 0. The number of carboxylic acids is 1. The van der Waals surface area contributed by atoms with Crippen LogP contribution in [-0.2, 0) is 24.5 Å². The van der Waals surface area contributed by atoms with Crippen LogP contribution < -0.4 is 10.0 Å². The van der Waals surface area contributed by atoms with Gasteiger partial charge >= 0.3 is 0 Å². The first kappa shape index (κ1) is 20.9. The van der Waals surface area contributed by atoms with Gasteiger partial charge in [0.05, 0.1) is 44.6 Å². The molecule has 0 aromatic heterocycles. The summed E-state index contributed by atoms with van der Waals surface area (Å²) in [5.41, 5.74) is 0.583. The van der Waals surface area contributed by atoms with Crippen molar-refractivity contribution >= 4 is 83.4 Å². The predicted molar refractivity (Wildman–Crippen MR) is 105 cm³/mol. The molecule has 13 heteroatoms. The zero-order valence-electron chi connectivity index (χ0n) is 13.7. The molecule has 28 heavy (non-hydrogen) atoms. The molecule has 9 nitrogen and oxygen atoms in total. The number of anilines is 1. The van der Waals surface area contributed by atoms with Crippen LogP contribution in [0.3, 0.4) is 0 Å². The number of benzene rings is 1. The third-order valence-corrected chi connectivity index (χ3v) is 6.53. The molecule has 0 atom stereocenters. The average molecular weight is 505 g/mol. The van der Waals surface area contributed by atoms with Crippen LogP contribution in [0.25, 0.3) is 5.57 Å². The Labute approximate surface area is 177 Å². The van der Waals surface area contributed by atoms with Gasteiger partial charge in [0.15, 0.2) is 0 Å². The van der Waals surface area contributed by atoms with Crippen LogP contribution in [0.1, 0.15) is 5.56 Å². The molecule has 2 aliphatic rings. The van der Waals surface area contributed by atoms with Gasteiger partial charge in [-0.25, -0.2) is 8.42 Å². The highest BCUT2D eigenvalue weighted by molar-refractivity contribution is 9.10. The van der Waals surface area contributed by atoms with Crippen molar-refractivity contribution in [3.05, 3.63) is 33.1 Å². The van der Waals surface area contributed by atoms with E-state index >= 15 is 0 Å². The number of carbonyl (C=O) groups excluding carboxylic acids is 3. The molecule has 1 fully saturated rings. The van der Waals surface area contributed by atoms with E-state index in [-0.39, 0.29) is 14.8 Å². The van der Waals surface area contributed by atoms with E-state index in [2.05, 4.69) is 15.9 Å². The monoisotopic (exact) mass is 504 g/mol. The minimum atomic E-state index is -4.56. The molecule has 3 rings (SSSR count). The van der Waals surface area contributed by atoms with Crippen LogP contribution in [0, 0.1) is 0 Å². The molecule has 148 valence electrons. The lowest BCUT2D eigenvalue weighted by Gasteiger charge is -2.17. The van der Waals surface area contributed by atoms with Gasteiger partial charge in [-0.15, -0.1) is 0 Å². The van der Waals surface area contributed by atoms with E-state index in [0.29, 0.717) is 15.7 Å². The molecule has 0 saturated carbocycles. The fourth-order valence-corrected chi connectivity index (χ4v) is 4.90. The second-order valence-corrected chi connectivity index (χ2v) is 9.80. The zero-order valence-corrected chi connectivity index (χ0v) is 17.7. The van der Waals surface area contributed by atoms with Crippen LogP contribution in [0.5, 0.6) is 0 Å². The van der Waals surface area contributed by atoms with Gasteiger partial charge in [0.1, 0.15) is 4.32 Å². The van der Waals surface area contributed by atoms with Gasteiger partial charge in [0.2, 0.25) is 0 Å². The average Bonchev–Trinajstić information content (AvgIpc) is 2.98. The predicted octanol–water partition coefficient (Wildman–Crippen LogP) is -0.338. The Morgan fingerprint density at radius 2 is 1.89 bits per heavy atom. The van der Waals surface area contributed by atoms with Crippen LogP contribution in [0.4, 0.5) is 5.69 Å². The van der Waals surface area contributed by atoms with Crippen molar-refractivity contribution in [1.29, 1.82) is 0 Å². The Hall–Kier alpha value is -1.80. The fourth-order valence-electron chi connectivity index (χ4n) is 2.75. The van der Waals surface area contributed by atoms with E-state index in [9.17, 15) is 32.5 Å². The van der Waals surface area contributed by atoms with Crippen molar-refractivity contribution in [1.82, 2.24) is 4.90 Å². The lowest BCUT2D eigenvalue weighted by Crippen LogP contribution is -2.39. The Bertz CT molecular complexity index is 1070. The standard InChI is InChI=1S/C15H11BrN2O7S3/c16-7-1-2-9-8(5-7)11(13(21)18(9)6-10(19)20)12-14(22)17(15(26)27-12)3-4-28(23,24)25/h1-2,5H,3-4,6H2,(H,19,20)(H,23,24,25)/p-2/b12-11-. The number of rotatable bonds is 5. The first-order valence-electron chi connectivity index (χ1n) is 7.52. The quantitative estimate of drug-likeness (QED) is 0.299. The van der Waals surface area contributed by atoms with Crippen molar-refractivity contribution < 1.29 is 32.5 Å². The highest BCUT2D eigenvalue weighted by atomic mass is 79.9. The Balaban J connectivity index is 2.07. The molecular weight excluding hydrogens is 496 g/mol. The third kappa shape index (κ3) is 3.98. The Morgan fingerprint density at radius 3 is 2.50 bits per heavy atom. The molecule has 1 aromatic rings. The van der Waals surface area contributed by atoms with E-state index < -0.39 is 46.7 Å². The molecule has 0 N–H and O–H groups in total. The van der Waals surface area contributed by atoms with E-state index in [1.165, 1.54) is 6.07 Å². The van der Waals surface area contributed by atoms with E-state index in [0.717, 1.165) is 21.6 Å². The molecule has 0 bridgehead atoms. The SMILES string of the molecule is O=C([O-])CN1C(=O)/C(=C2\SC(=S)N(CCS(=O)(=O)[O-])C2=O)c2cc(Br)ccc21. The van der Waals surface area contributed by atoms with Crippen molar-refractivity contribution in [3.8, 4) is 0 Å². The molecule has 0 spiro atoms. The van der Waals surface area contributed by atoms with Crippen LogP contribution in [0.2, 0.25) is 0 Å². The molecule has 1 aromatic carbocycles. The number of aliphatic carboxylic acids is 1. The summed E-state index contributed by atoms with van der Waals surface area (Å²) < 4.78 is 33.2. The molecule has 1 saturated heterocycles. The molecule has 2 heterocycles. The summed E-state index contributed by atoms with van der Waals surface area (Å²) in [4.78, 5) is 38.5. The smallest absolute Gasteiger partial charge is 0.267 e. The van der Waals surface area contributed by atoms with Crippen molar-refractivity contribution in [2.45, 2.75) is 0 Å². The Morgan fingerprint density at radius 1 is 1.21 bits per heavy atom. The number of nitrogens with zero attached hydrogens (tertiary/aromatic N) is 2. The number of fused-ring (bicyclic) bond motifs is 1. The summed E-state index contributed by atoms with van der Waals surface area (Å²) in [5, 5.41) is 11.0. The second-order valence-electron chi connectivity index (χ2n) is 5.72. The summed E-state index contributed by atoms with van der Waals surface area (Å²) in [5.74, 6) is -3.73. The summed E-state index contributed by atoms with van der Waals surface area (Å²) in [7, 11) is -4.56. The van der Waals surface area contributed by atoms with Gasteiger partial charge in [0.25, 0.3) is 11.8 Å². The minimum absolute atomic E-state index is 0.00107. The number of thioether (sulfide) groups is 1. The van der Waals surface area contributed by atoms with Gasteiger partial charge in [0, 0.05) is 16.6 Å². The summed E-state index contributed by atoms with van der Waals surface area (Å²) in [6.07, 6.45) is 0. The highest BCUT2D eigenvalue weighted by Gasteiger charge is 2.42. The lowest BCUT2D eigenvalue weighted by molar-refractivity contribution is -0.303. The summed E-state index contributed by atoms with van der Waals surface area (Å²) in [6.45, 7) is -1.14. The van der Waals surface area contributed by atoms with Crippen molar-refractivity contribution in [3.63, 3.8) is 0 Å². The van der Waals surface area contributed by atoms with Gasteiger partial charge < -0.3 is 19.4 Å². The highest BCUT2D eigenvalue weighted by Crippen LogP contribution is 2.45. The van der Waals surface area contributed by atoms with E-state index in [1.807, 2.05) is 0 Å². The third-order valence-electron chi connectivity index (χ3n) is 3.91. The number of amides is 2. The summed E-state index contributed by atoms with van der Waals surface area (Å²) in [6, 6.07) is 4.70. The first-order chi connectivity index (χ1) is 13.0. The molecule has 2 aliphatic heterocycles. The number of thiocarbonyl (C=S) groups is 1. The fraction of sp³-hybridized carbons (Fsp3) is 0.200. The van der Waals surface area contributed by atoms with E-state index in [4.69, 9.17) is 12.2 Å². The first-order valence-corrected chi connectivity index (χ1v) is 11.1. The van der Waals surface area contributed by atoms with Crippen LogP contribution in [0.15, 0.2) is 27.6 Å². The van der Waals surface area contributed by atoms with Crippen molar-refractivity contribution in [2.75, 3.05) is 23.7 Å². The van der Waals surface area contributed by atoms with Gasteiger partial charge in [-0.05, 0) is 18.2 Å². The number of hydrogen-bond acceptors (Lipinski definition) is 9. The van der Waals surface area contributed by atoms with Crippen LogP contribution >= 0.6 is 39.9 Å². The van der Waals surface area contributed by atoms with Gasteiger partial charge in [-0.2, -0.15) is 0 Å². The largest absolute Gasteiger partial charge is 0.748 e. The van der Waals surface area contributed by atoms with Crippen molar-refractivity contribution in [2.24, 2.45) is 0 Å². The lowest BCUT2D eigenvalue weighted by atomic mass is 10.1. The molecule has 0 radical (unpaired) electrons. The number of carboxylic acid groups (broad SMARTS) is 1. The zero-order chi connectivity index (χ0) is 20.8. The normalized spacial score (nSPS) is 19.6. The molecule has 2 amide bonds. The Kier molecular flexibility index (Phi) is 5.64. The topological polar surface area (TPSA) is 138 Å². The number of halogens is 1. The minimum Gasteiger partial charge on any atom is -0.748 e. The van der Waals surface area contributed by atoms with E-state index in [1.54, 1.807) is 12.1 Å². The second kappa shape index (κ2) is 7.55. The molecular formula is C15H9BrN2O7S3-2. The summed E-state index contributed by atoms with van der Waals surface area (Å²) >= 11 is 9.13. The number of carbonyl (C=O) groups is 3. The van der Waals surface area contributed by atoms with Gasteiger partial charge in [-0.3, -0.25) is 14.5 Å². The molecule has 0 unspecified atom stereocenters.